The number of hydrogen-bond donors (Lipinski definition) is 11. The lowest BCUT2D eigenvalue weighted by Gasteiger charge is -2.36. The smallest absolute Gasteiger partial charge is 0.340 e. The normalized spacial score (nSPS) is 18.0. The number of unbranched alkanes of at least 4 members (excludes halogenated alkanes) is 1. The van der Waals surface area contributed by atoms with Crippen LogP contribution in [0.4, 0.5) is 14.5 Å². The molecule has 0 radical (unpaired) electrons. The van der Waals surface area contributed by atoms with Gasteiger partial charge in [-0.2, -0.15) is 5.26 Å². The fourth-order valence-electron chi connectivity index (χ4n) is 12.9. The number of aromatic hydroxyl groups is 2. The highest BCUT2D eigenvalue weighted by molar-refractivity contribution is 8.00. The van der Waals surface area contributed by atoms with Crippen LogP contribution in [0.1, 0.15) is 102 Å². The number of thioether (sulfide) groups is 1. The quantitative estimate of drug-likeness (QED) is 0.0170. The van der Waals surface area contributed by atoms with Crippen molar-refractivity contribution in [2.75, 3.05) is 69.6 Å². The molecule has 0 bridgehead atoms. The zero-order valence-electron chi connectivity index (χ0n) is 55.9. The van der Waals surface area contributed by atoms with Gasteiger partial charge in [0.15, 0.2) is 5.60 Å². The van der Waals surface area contributed by atoms with Gasteiger partial charge >= 0.3 is 23.9 Å². The van der Waals surface area contributed by atoms with E-state index in [4.69, 9.17) is 19.9 Å². The van der Waals surface area contributed by atoms with Crippen molar-refractivity contribution < 1.29 is 111 Å². The first-order valence-electron chi connectivity index (χ1n) is 33.2. The van der Waals surface area contributed by atoms with Gasteiger partial charge in [0.05, 0.1) is 66.2 Å². The molecule has 3 fully saturated rings. The van der Waals surface area contributed by atoms with Crippen LogP contribution in [0.3, 0.4) is 0 Å². The molecule has 33 nitrogen and oxygen atoms in total. The summed E-state index contributed by atoms with van der Waals surface area (Å²) < 4.78 is 45.9. The maximum absolute atomic E-state index is 14.0. The molecule has 4 aromatic carbocycles. The molecule has 12 N–H and O–H groups in total. The summed E-state index contributed by atoms with van der Waals surface area (Å²) in [4.78, 5) is 182. The molecule has 3 saturated heterocycles. The average molecular weight is 1480 g/mol. The molecule has 9 amide bonds. The first-order chi connectivity index (χ1) is 50.1. The highest BCUT2D eigenvalue weighted by Gasteiger charge is 2.55. The number of carbonyl (C=O) groups is 13. The highest BCUT2D eigenvalue weighted by atomic mass is 32.2. The number of nitriles is 1. The lowest BCUT2D eigenvalue weighted by molar-refractivity contribution is -0.143. The Balaban J connectivity index is 0.681. The van der Waals surface area contributed by atoms with Gasteiger partial charge in [0.1, 0.15) is 59.0 Å². The number of halogens is 2. The Kier molecular flexibility index (Phi) is 23.8. The molecule has 0 saturated carbocycles. The number of aromatic nitrogens is 1. The lowest BCUT2D eigenvalue weighted by Crippen LogP contribution is -2.58. The number of phenols is 2. The Labute approximate surface area is 599 Å². The van der Waals surface area contributed by atoms with Crippen molar-refractivity contribution in [3.05, 3.63) is 113 Å². The van der Waals surface area contributed by atoms with E-state index < -0.39 is 175 Å². The number of imide groups is 1. The molecule has 6 atom stereocenters. The number of ether oxygens (including phenoxy) is 3. The van der Waals surface area contributed by atoms with Crippen molar-refractivity contribution in [1.82, 2.24) is 46.3 Å². The Morgan fingerprint density at radius 3 is 2.03 bits per heavy atom. The number of nitrogens with zero attached hydrogens (tertiary/aromatic N) is 6. The first kappa shape index (κ1) is 76.1. The van der Waals surface area contributed by atoms with Crippen molar-refractivity contribution in [2.24, 2.45) is 5.73 Å². The van der Waals surface area contributed by atoms with Crippen LogP contribution >= 0.6 is 11.8 Å². The highest BCUT2D eigenvalue weighted by Crippen LogP contribution is 2.57. The molecular formula is C69H72F2N12O21S. The van der Waals surface area contributed by atoms with Crippen LogP contribution < -0.4 is 46.7 Å². The molecule has 105 heavy (non-hydrogen) atoms. The number of nitrogens with one attached hydrogen (secondary N) is 5. The third-order valence-electron chi connectivity index (χ3n) is 18.1. The van der Waals surface area contributed by atoms with Gasteiger partial charge in [0.2, 0.25) is 47.3 Å². The van der Waals surface area contributed by atoms with Gasteiger partial charge in [-0.15, -0.1) is 11.8 Å². The number of carbonyl (C=O) groups excluding carboxylic acids is 10. The maximum atomic E-state index is 14.0. The van der Waals surface area contributed by atoms with E-state index in [9.17, 15) is 102 Å². The fourth-order valence-corrected chi connectivity index (χ4v) is 14.0. The molecule has 36 heteroatoms. The third kappa shape index (κ3) is 17.7. The first-order valence-corrected chi connectivity index (χ1v) is 34.3. The Hall–Kier alpha value is -11.6. The molecular weight excluding hydrogens is 1400 g/mol. The summed E-state index contributed by atoms with van der Waals surface area (Å²) in [5, 5.41) is 70.3. The Morgan fingerprint density at radius 2 is 1.38 bits per heavy atom. The number of aliphatic carboxylic acids is 3. The van der Waals surface area contributed by atoms with E-state index in [1.165, 1.54) is 71.8 Å². The van der Waals surface area contributed by atoms with E-state index >= 15 is 0 Å². The molecule has 5 aromatic rings. The third-order valence-corrected chi connectivity index (χ3v) is 19.4. The number of alkyl halides is 2. The van der Waals surface area contributed by atoms with Crippen molar-refractivity contribution >= 4 is 105 Å². The number of rotatable bonds is 31. The van der Waals surface area contributed by atoms with E-state index in [-0.39, 0.29) is 97.3 Å². The van der Waals surface area contributed by atoms with Gasteiger partial charge in [-0.05, 0) is 92.9 Å². The standard InChI is InChI=1S/C69H72F2N12O21S/c70-68(71)31-37(32-73)82(35-68)58(89)33-75-61(94)41-15-17-74-47-12-8-40(27-42(41)47)102-23-3-18-80-19-21-81(22-20-80)56(87)14-13-55(86)76-49(28-59(90)91)63(96)77-48(4-1-2-16-72)62(95)78-50(29-60(92)93)64(97)79-51(66(99)100)34-105-54-30-57(88)83(65(54)98)36-5-9-44-43(24-36)67(101)104-69(44)45-10-6-38(84)25-52(45)103-53-26-39(85)7-11-46(53)69/h5-12,15,17,24-27,37,48-51,54,84-85H,1-4,13-14,16,18-23,28-31,33-35,72H2,(H,75,94)(H,76,86)(H,77,96)(H,78,95)(H,79,97)(H,90,91)(H,92,93)(H,99,100)/t37?,48?,49-,50-,51?,54?/m0/s1. The van der Waals surface area contributed by atoms with E-state index in [1.807, 2.05) is 0 Å². The summed E-state index contributed by atoms with van der Waals surface area (Å²) in [5.41, 5.74) is 5.38. The average Bonchev–Trinajstić information content (AvgIpc) is 1.59. The molecule has 554 valence electrons. The molecule has 5 aliphatic rings. The second-order valence-electron chi connectivity index (χ2n) is 25.4. The number of likely N-dealkylation sites (tertiary alicyclic amines) is 1. The number of anilines is 1. The minimum Gasteiger partial charge on any atom is -0.508 e. The molecule has 1 aromatic heterocycles. The van der Waals surface area contributed by atoms with Crippen molar-refractivity contribution in [3.8, 4) is 34.8 Å². The van der Waals surface area contributed by atoms with Crippen LogP contribution in [0.5, 0.6) is 28.7 Å². The molecule has 6 heterocycles. The largest absolute Gasteiger partial charge is 0.508 e. The number of amides is 9. The number of esters is 1. The van der Waals surface area contributed by atoms with E-state index in [2.05, 4.69) is 36.5 Å². The van der Waals surface area contributed by atoms with Gasteiger partial charge in [0, 0.05) is 105 Å². The number of piperazine rings is 1. The van der Waals surface area contributed by atoms with Crippen molar-refractivity contribution in [1.29, 1.82) is 5.26 Å². The van der Waals surface area contributed by atoms with Crippen LogP contribution in [-0.2, 0) is 63.1 Å². The zero-order chi connectivity index (χ0) is 75.6. The van der Waals surface area contributed by atoms with Gasteiger partial charge in [-0.3, -0.25) is 62.6 Å². The fraction of sp³-hybridized carbons (Fsp3) is 0.406. The van der Waals surface area contributed by atoms with Crippen molar-refractivity contribution in [2.45, 2.75) is 111 Å². The summed E-state index contributed by atoms with van der Waals surface area (Å²) in [6.07, 6.45) is -2.11. The summed E-state index contributed by atoms with van der Waals surface area (Å²) in [7, 11) is 0. The molecule has 1 spiro atoms. The van der Waals surface area contributed by atoms with Crippen molar-refractivity contribution in [3.63, 3.8) is 0 Å². The number of benzene rings is 4. The van der Waals surface area contributed by atoms with E-state index in [0.717, 1.165) is 9.80 Å². The Morgan fingerprint density at radius 1 is 0.743 bits per heavy atom. The second-order valence-corrected chi connectivity index (χ2v) is 26.6. The summed E-state index contributed by atoms with van der Waals surface area (Å²) >= 11 is 0.657. The second kappa shape index (κ2) is 32.8. The summed E-state index contributed by atoms with van der Waals surface area (Å²) in [6, 6.07) is 11.7. The molecule has 10 rings (SSSR count). The van der Waals surface area contributed by atoms with Gasteiger partial charge in [-0.25, -0.2) is 23.3 Å². The number of carboxylic acid groups (broad SMARTS) is 3. The minimum atomic E-state index is -3.22. The number of pyridine rings is 1. The van der Waals surface area contributed by atoms with Crippen LogP contribution in [0.15, 0.2) is 85.1 Å². The predicted molar refractivity (Wildman–Crippen MR) is 361 cm³/mol. The lowest BCUT2D eigenvalue weighted by atomic mass is 9.77. The number of carboxylic acids is 3. The molecule has 5 aliphatic heterocycles. The van der Waals surface area contributed by atoms with Gasteiger partial charge < -0.3 is 81.9 Å². The number of phenolic OH excluding ortho intramolecular Hbond substituents is 2. The molecule has 0 aliphatic carbocycles. The Bertz CT molecular complexity index is 4310. The van der Waals surface area contributed by atoms with E-state index in [0.29, 0.717) is 65.6 Å². The zero-order valence-corrected chi connectivity index (χ0v) is 56.7. The minimum absolute atomic E-state index is 0.0506. The monoisotopic (exact) mass is 1470 g/mol. The predicted octanol–water partition coefficient (Wildman–Crippen LogP) is 1.56. The van der Waals surface area contributed by atoms with Gasteiger partial charge in [-0.1, -0.05) is 6.07 Å². The van der Waals surface area contributed by atoms with Gasteiger partial charge in [0.25, 0.3) is 11.8 Å². The SMILES string of the molecule is N#CC1CC(F)(F)CN1C(=O)CNC(=O)c1ccnc2ccc(OCCCN3CCN(C(=O)CCC(=O)N[C@@H](CC(=O)O)C(=O)NC(CCCCN)C(=O)N[C@@H](CC(=O)O)C(=O)NC(CSC4CC(=O)N(c5ccc6c(c5)C(=O)OC65c6ccc(O)cc6Oc6cc(O)ccc65)C4=O)C(=O)O)CC3)cc12. The van der Waals surface area contributed by atoms with Crippen LogP contribution in [0.25, 0.3) is 10.9 Å². The molecule has 4 unspecified atom stereocenters. The number of fused-ring (bicyclic) bond motifs is 7. The van der Waals surface area contributed by atoms with Crippen LogP contribution in [-0.4, -0.2) is 228 Å². The van der Waals surface area contributed by atoms with Crippen LogP contribution in [0, 0.1) is 11.3 Å². The number of nitrogens with two attached hydrogens (primary N) is 1. The van der Waals surface area contributed by atoms with Crippen LogP contribution in [0.2, 0.25) is 0 Å². The summed E-state index contributed by atoms with van der Waals surface area (Å²) in [6.45, 7) is 0.846. The maximum Gasteiger partial charge on any atom is 0.340 e. The topological polar surface area (TPSA) is 487 Å². The van der Waals surface area contributed by atoms with E-state index in [1.54, 1.807) is 24.3 Å². The summed E-state index contributed by atoms with van der Waals surface area (Å²) in [5.74, 6) is -17.4. The number of hydrogen-bond acceptors (Lipinski definition) is 23.